The van der Waals surface area contributed by atoms with E-state index in [2.05, 4.69) is 20.8 Å². The van der Waals surface area contributed by atoms with E-state index in [0.717, 1.165) is 42.4 Å². The van der Waals surface area contributed by atoms with Gasteiger partial charge in [-0.25, -0.2) is 0 Å². The van der Waals surface area contributed by atoms with Crippen LogP contribution in [0, 0.1) is 57.7 Å². The van der Waals surface area contributed by atoms with Crippen LogP contribution in [0.15, 0.2) is 0 Å². The summed E-state index contributed by atoms with van der Waals surface area (Å²) in [7, 11) is 0. The van der Waals surface area contributed by atoms with Crippen LogP contribution in [0.4, 0.5) is 0 Å². The van der Waals surface area contributed by atoms with E-state index in [1.165, 1.54) is 38.5 Å². The van der Waals surface area contributed by atoms with Gasteiger partial charge in [-0.1, -0.05) is 20.8 Å². The Morgan fingerprint density at radius 3 is 2.32 bits per heavy atom. The van der Waals surface area contributed by atoms with Crippen LogP contribution in [0.25, 0.3) is 0 Å². The predicted octanol–water partition coefficient (Wildman–Crippen LogP) is 4.82. The Morgan fingerprint density at radius 1 is 0.920 bits per heavy atom. The van der Waals surface area contributed by atoms with Crippen LogP contribution in [-0.2, 0) is 9.53 Å². The molecular formula is C23H32O2. The Kier molecular flexibility index (Phi) is 2.16. The standard InChI is InChI=1S/C23H32O2/c1-20(2)21(3)6-7-22(20)11-23(21,22)25-19(24)16-10-14-9-15(16)18-13-5-4-12(8-13)17(14)18/h12-18H,4-11H2,1-3H3/t12?,13?,14?,15?,16?,17?,18?,21-,22-,23?/m0/s1. The zero-order valence-corrected chi connectivity index (χ0v) is 16.0. The van der Waals surface area contributed by atoms with Gasteiger partial charge in [0.25, 0.3) is 0 Å². The highest BCUT2D eigenvalue weighted by molar-refractivity contribution is 5.76. The van der Waals surface area contributed by atoms with E-state index in [1.54, 1.807) is 0 Å². The first kappa shape index (κ1) is 14.5. The van der Waals surface area contributed by atoms with Crippen molar-refractivity contribution in [2.75, 3.05) is 0 Å². The van der Waals surface area contributed by atoms with Crippen LogP contribution in [0.5, 0.6) is 0 Å². The van der Waals surface area contributed by atoms with Crippen LogP contribution in [0.2, 0.25) is 0 Å². The molecule has 0 heterocycles. The zero-order valence-electron chi connectivity index (χ0n) is 16.0. The fourth-order valence-corrected chi connectivity index (χ4v) is 10.7. The number of ether oxygens (including phenoxy) is 1. The quantitative estimate of drug-likeness (QED) is 0.532. The minimum atomic E-state index is -0.0590. The van der Waals surface area contributed by atoms with E-state index in [-0.39, 0.29) is 22.9 Å². The number of rotatable bonds is 2. The van der Waals surface area contributed by atoms with Crippen molar-refractivity contribution >= 4 is 5.97 Å². The maximum absolute atomic E-state index is 13.3. The first-order valence-electron chi connectivity index (χ1n) is 11.1. The first-order valence-corrected chi connectivity index (χ1v) is 11.1. The van der Waals surface area contributed by atoms with Crippen molar-refractivity contribution < 1.29 is 9.53 Å². The summed E-state index contributed by atoms with van der Waals surface area (Å²) in [5, 5.41) is 0. The number of carbonyl (C=O) groups excluding carboxylic acids is 1. The van der Waals surface area contributed by atoms with Gasteiger partial charge in [-0.05, 0) is 92.3 Å². The lowest BCUT2D eigenvalue weighted by molar-refractivity contribution is -0.214. The monoisotopic (exact) mass is 340 g/mol. The second-order valence-electron chi connectivity index (χ2n) is 12.0. The number of hydrogen-bond acceptors (Lipinski definition) is 2. The summed E-state index contributed by atoms with van der Waals surface area (Å²) in [6.07, 6.45) is 10.7. The summed E-state index contributed by atoms with van der Waals surface area (Å²) < 4.78 is 6.49. The van der Waals surface area contributed by atoms with Crippen molar-refractivity contribution in [3.8, 4) is 0 Å². The fraction of sp³-hybridized carbons (Fsp3) is 0.957. The lowest BCUT2D eigenvalue weighted by Gasteiger charge is -2.58. The van der Waals surface area contributed by atoms with E-state index in [9.17, 15) is 4.79 Å². The van der Waals surface area contributed by atoms with Crippen LogP contribution in [-0.4, -0.2) is 11.6 Å². The van der Waals surface area contributed by atoms with Crippen molar-refractivity contribution in [2.24, 2.45) is 57.7 Å². The third-order valence-corrected chi connectivity index (χ3v) is 12.0. The van der Waals surface area contributed by atoms with Gasteiger partial charge in [0.2, 0.25) is 0 Å². The van der Waals surface area contributed by atoms with Crippen LogP contribution >= 0.6 is 0 Å². The summed E-state index contributed by atoms with van der Waals surface area (Å²) in [6.45, 7) is 7.26. The topological polar surface area (TPSA) is 26.3 Å². The highest BCUT2D eigenvalue weighted by Gasteiger charge is 2.98. The molecule has 8 aliphatic carbocycles. The molecule has 2 nitrogen and oxygen atoms in total. The third-order valence-electron chi connectivity index (χ3n) is 12.0. The first-order chi connectivity index (χ1) is 11.9. The van der Waals surface area contributed by atoms with Crippen molar-refractivity contribution in [3.05, 3.63) is 0 Å². The van der Waals surface area contributed by atoms with Crippen LogP contribution in [0.1, 0.15) is 72.1 Å². The highest BCUT2D eigenvalue weighted by atomic mass is 16.6. The molecule has 0 aromatic rings. The molecule has 6 bridgehead atoms. The Hall–Kier alpha value is -0.530. The Balaban J connectivity index is 1.15. The molecule has 8 fully saturated rings. The fourth-order valence-electron chi connectivity index (χ4n) is 10.7. The smallest absolute Gasteiger partial charge is 0.309 e. The highest BCUT2D eigenvalue weighted by Crippen LogP contribution is 2.96. The molecule has 2 heteroatoms. The number of esters is 1. The number of carbonyl (C=O) groups is 1. The molecule has 0 saturated heterocycles. The summed E-state index contributed by atoms with van der Waals surface area (Å²) in [5.41, 5.74) is 0.889. The molecule has 0 radical (unpaired) electrons. The second-order valence-corrected chi connectivity index (χ2v) is 12.0. The molecule has 8 aliphatic rings. The van der Waals surface area contributed by atoms with Gasteiger partial charge in [0.15, 0.2) is 0 Å². The SMILES string of the molecule is CC1(C)[C@]2(C)CC[C@]13CC23OC(=O)C1CC2CC1C1C3CCC(C3)C21. The molecule has 25 heavy (non-hydrogen) atoms. The van der Waals surface area contributed by atoms with E-state index in [4.69, 9.17) is 4.74 Å². The van der Waals surface area contributed by atoms with E-state index in [1.807, 2.05) is 0 Å². The Morgan fingerprint density at radius 2 is 1.68 bits per heavy atom. The van der Waals surface area contributed by atoms with Gasteiger partial charge in [-0.2, -0.15) is 0 Å². The average Bonchev–Trinajstić information content (AvgIpc) is 3.22. The van der Waals surface area contributed by atoms with Gasteiger partial charge in [-0.15, -0.1) is 0 Å². The van der Waals surface area contributed by atoms with Gasteiger partial charge in [0.1, 0.15) is 5.60 Å². The maximum Gasteiger partial charge on any atom is 0.309 e. The lowest BCUT2D eigenvalue weighted by Crippen LogP contribution is -2.61. The van der Waals surface area contributed by atoms with Crippen molar-refractivity contribution in [1.82, 2.24) is 0 Å². The average molecular weight is 341 g/mol. The van der Waals surface area contributed by atoms with E-state index in [0.29, 0.717) is 16.7 Å². The van der Waals surface area contributed by atoms with Gasteiger partial charge in [0.05, 0.1) is 5.92 Å². The second kappa shape index (κ2) is 3.72. The van der Waals surface area contributed by atoms with Crippen molar-refractivity contribution in [1.29, 1.82) is 0 Å². The van der Waals surface area contributed by atoms with E-state index < -0.39 is 0 Å². The third kappa shape index (κ3) is 1.16. The summed E-state index contributed by atoms with van der Waals surface area (Å²) in [5.74, 6) is 5.89. The minimum absolute atomic E-state index is 0.0590. The van der Waals surface area contributed by atoms with Gasteiger partial charge in [-0.3, -0.25) is 4.79 Å². The van der Waals surface area contributed by atoms with Crippen LogP contribution < -0.4 is 0 Å². The molecule has 136 valence electrons. The summed E-state index contributed by atoms with van der Waals surface area (Å²) in [4.78, 5) is 13.3. The largest absolute Gasteiger partial charge is 0.458 e. The molecule has 8 unspecified atom stereocenters. The normalized spacial score (nSPS) is 66.3. The van der Waals surface area contributed by atoms with E-state index >= 15 is 0 Å². The van der Waals surface area contributed by atoms with Crippen LogP contribution in [0.3, 0.4) is 0 Å². The van der Waals surface area contributed by atoms with Gasteiger partial charge < -0.3 is 4.74 Å². The summed E-state index contributed by atoms with van der Waals surface area (Å²) in [6, 6.07) is 0. The molecular weight excluding hydrogens is 308 g/mol. The molecule has 0 aliphatic heterocycles. The zero-order chi connectivity index (χ0) is 17.0. The molecule has 0 amide bonds. The number of fused-ring (bicyclic) bond motifs is 10. The molecule has 1 spiro atoms. The Labute approximate surface area is 151 Å². The lowest BCUT2D eigenvalue weighted by atomic mass is 9.49. The minimum Gasteiger partial charge on any atom is -0.458 e. The van der Waals surface area contributed by atoms with Gasteiger partial charge in [0, 0.05) is 10.8 Å². The van der Waals surface area contributed by atoms with Crippen molar-refractivity contribution in [2.45, 2.75) is 77.7 Å². The predicted molar refractivity (Wildman–Crippen MR) is 94.5 cm³/mol. The molecule has 8 rings (SSSR count). The maximum atomic E-state index is 13.3. The molecule has 0 aromatic heterocycles. The molecule has 0 aromatic carbocycles. The van der Waals surface area contributed by atoms with Gasteiger partial charge >= 0.3 is 5.97 Å². The molecule has 0 N–H and O–H groups in total. The molecule has 10 atom stereocenters. The summed E-state index contributed by atoms with van der Waals surface area (Å²) >= 11 is 0. The number of hydrogen-bond donors (Lipinski definition) is 0. The molecule has 8 saturated carbocycles. The van der Waals surface area contributed by atoms with Crippen molar-refractivity contribution in [3.63, 3.8) is 0 Å². The Bertz CT molecular complexity index is 711.